The summed E-state index contributed by atoms with van der Waals surface area (Å²) in [4.78, 5) is 4.74. The molecule has 0 bridgehead atoms. The molecule has 0 saturated carbocycles. The van der Waals surface area contributed by atoms with Gasteiger partial charge in [0.15, 0.2) is 0 Å². The molecule has 0 aliphatic carbocycles. The molecular formula is C32H28N2. The summed E-state index contributed by atoms with van der Waals surface area (Å²) in [6.07, 6.45) is 0. The number of rotatable bonds is 6. The second-order valence-corrected chi connectivity index (χ2v) is 8.41. The molecule has 0 radical (unpaired) electrons. The SMILES string of the molecule is Cc1ccc(C)c(N(c2ccccc2)c2ccccc2)c1N(c1ccccc1)c1ccccc1. The van der Waals surface area contributed by atoms with Crippen molar-refractivity contribution in [2.75, 3.05) is 9.80 Å². The molecule has 0 aliphatic heterocycles. The molecule has 5 rings (SSSR count). The number of aryl methyl sites for hydroxylation is 2. The summed E-state index contributed by atoms with van der Waals surface area (Å²) >= 11 is 0. The highest BCUT2D eigenvalue weighted by Crippen LogP contribution is 2.48. The maximum Gasteiger partial charge on any atom is 0.0734 e. The maximum atomic E-state index is 2.37. The van der Waals surface area contributed by atoms with Gasteiger partial charge in [0, 0.05) is 22.7 Å². The molecule has 0 N–H and O–H groups in total. The smallest absolute Gasteiger partial charge is 0.0734 e. The Bertz CT molecular complexity index is 1160. The molecule has 34 heavy (non-hydrogen) atoms. The van der Waals surface area contributed by atoms with E-state index in [1.807, 2.05) is 0 Å². The molecule has 0 amide bonds. The van der Waals surface area contributed by atoms with Crippen molar-refractivity contribution < 1.29 is 0 Å². The van der Waals surface area contributed by atoms with Gasteiger partial charge in [-0.3, -0.25) is 0 Å². The number of anilines is 6. The van der Waals surface area contributed by atoms with Crippen LogP contribution in [0.15, 0.2) is 133 Å². The summed E-state index contributed by atoms with van der Waals surface area (Å²) in [5, 5.41) is 0. The van der Waals surface area contributed by atoms with Gasteiger partial charge >= 0.3 is 0 Å². The van der Waals surface area contributed by atoms with Gasteiger partial charge in [0.1, 0.15) is 0 Å². The minimum Gasteiger partial charge on any atom is -0.308 e. The van der Waals surface area contributed by atoms with E-state index in [0.29, 0.717) is 0 Å². The predicted molar refractivity (Wildman–Crippen MR) is 145 cm³/mol. The van der Waals surface area contributed by atoms with Crippen molar-refractivity contribution in [3.63, 3.8) is 0 Å². The third kappa shape index (κ3) is 4.18. The Morgan fingerprint density at radius 1 is 0.324 bits per heavy atom. The van der Waals surface area contributed by atoms with Crippen molar-refractivity contribution in [1.29, 1.82) is 0 Å². The van der Waals surface area contributed by atoms with Gasteiger partial charge < -0.3 is 9.80 Å². The molecule has 2 heteroatoms. The zero-order valence-corrected chi connectivity index (χ0v) is 19.6. The van der Waals surface area contributed by atoms with Gasteiger partial charge in [-0.2, -0.15) is 0 Å². The Balaban J connectivity index is 1.83. The molecule has 0 spiro atoms. The van der Waals surface area contributed by atoms with E-state index in [9.17, 15) is 0 Å². The molecule has 0 saturated heterocycles. The third-order valence-electron chi connectivity index (χ3n) is 6.06. The first-order chi connectivity index (χ1) is 16.7. The van der Waals surface area contributed by atoms with Crippen LogP contribution < -0.4 is 9.80 Å². The zero-order valence-electron chi connectivity index (χ0n) is 19.6. The van der Waals surface area contributed by atoms with E-state index in [1.165, 1.54) is 22.5 Å². The van der Waals surface area contributed by atoms with Crippen LogP contribution in [0.2, 0.25) is 0 Å². The highest BCUT2D eigenvalue weighted by atomic mass is 15.2. The summed E-state index contributed by atoms with van der Waals surface area (Å²) in [6.45, 7) is 4.40. The molecule has 0 unspecified atom stereocenters. The molecule has 0 aliphatic rings. The number of nitrogens with zero attached hydrogens (tertiary/aromatic N) is 2. The van der Waals surface area contributed by atoms with Crippen molar-refractivity contribution in [2.24, 2.45) is 0 Å². The molecule has 5 aromatic carbocycles. The quantitative estimate of drug-likeness (QED) is 0.259. The first-order valence-corrected chi connectivity index (χ1v) is 11.6. The lowest BCUT2D eigenvalue weighted by atomic mass is 10.0. The van der Waals surface area contributed by atoms with Gasteiger partial charge in [0.2, 0.25) is 0 Å². The van der Waals surface area contributed by atoms with Crippen LogP contribution in [-0.4, -0.2) is 0 Å². The van der Waals surface area contributed by atoms with Crippen molar-refractivity contribution >= 4 is 34.1 Å². The average Bonchev–Trinajstić information content (AvgIpc) is 2.90. The Hall–Kier alpha value is -4.30. The van der Waals surface area contributed by atoms with Gasteiger partial charge in [-0.25, -0.2) is 0 Å². The largest absolute Gasteiger partial charge is 0.308 e. The van der Waals surface area contributed by atoms with Crippen LogP contribution in [-0.2, 0) is 0 Å². The van der Waals surface area contributed by atoms with Crippen LogP contribution in [0, 0.1) is 13.8 Å². The topological polar surface area (TPSA) is 6.48 Å². The van der Waals surface area contributed by atoms with Gasteiger partial charge in [-0.05, 0) is 73.5 Å². The third-order valence-corrected chi connectivity index (χ3v) is 6.06. The molecule has 0 atom stereocenters. The second kappa shape index (κ2) is 9.68. The summed E-state index contributed by atoms with van der Waals surface area (Å²) in [6, 6.07) is 46.9. The van der Waals surface area contributed by atoms with E-state index in [4.69, 9.17) is 0 Å². The minimum absolute atomic E-state index is 1.13. The van der Waals surface area contributed by atoms with Gasteiger partial charge in [-0.1, -0.05) is 84.9 Å². The van der Waals surface area contributed by atoms with E-state index in [0.717, 1.165) is 22.7 Å². The summed E-state index contributed by atoms with van der Waals surface area (Å²) in [5.41, 5.74) is 9.29. The maximum absolute atomic E-state index is 2.37. The van der Waals surface area contributed by atoms with Crippen molar-refractivity contribution in [1.82, 2.24) is 0 Å². The van der Waals surface area contributed by atoms with Gasteiger partial charge in [-0.15, -0.1) is 0 Å². The van der Waals surface area contributed by atoms with Crippen LogP contribution in [0.4, 0.5) is 34.1 Å². The minimum atomic E-state index is 1.13. The first kappa shape index (κ1) is 21.5. The number of hydrogen-bond donors (Lipinski definition) is 0. The molecule has 0 fully saturated rings. The van der Waals surface area contributed by atoms with E-state index < -0.39 is 0 Å². The zero-order chi connectivity index (χ0) is 23.3. The fraction of sp³-hybridized carbons (Fsp3) is 0.0625. The van der Waals surface area contributed by atoms with Gasteiger partial charge in [0.25, 0.3) is 0 Å². The number of hydrogen-bond acceptors (Lipinski definition) is 2. The molecular weight excluding hydrogens is 412 g/mol. The molecule has 2 nitrogen and oxygen atoms in total. The normalized spacial score (nSPS) is 10.6. The number of benzene rings is 5. The van der Waals surface area contributed by atoms with E-state index in [2.05, 4.69) is 157 Å². The summed E-state index contributed by atoms with van der Waals surface area (Å²) in [5.74, 6) is 0. The van der Waals surface area contributed by atoms with E-state index in [-0.39, 0.29) is 0 Å². The molecule has 0 heterocycles. The van der Waals surface area contributed by atoms with Crippen LogP contribution in [0.5, 0.6) is 0 Å². The fourth-order valence-electron chi connectivity index (χ4n) is 4.47. The number of para-hydroxylation sites is 4. The second-order valence-electron chi connectivity index (χ2n) is 8.41. The Labute approximate surface area is 202 Å². The van der Waals surface area contributed by atoms with Crippen LogP contribution in [0.1, 0.15) is 11.1 Å². The van der Waals surface area contributed by atoms with Crippen LogP contribution in [0.25, 0.3) is 0 Å². The molecule has 0 aromatic heterocycles. The van der Waals surface area contributed by atoms with Gasteiger partial charge in [0.05, 0.1) is 11.4 Å². The Kier molecular flexibility index (Phi) is 6.13. The first-order valence-electron chi connectivity index (χ1n) is 11.6. The van der Waals surface area contributed by atoms with Crippen LogP contribution in [0.3, 0.4) is 0 Å². The summed E-state index contributed by atoms with van der Waals surface area (Å²) in [7, 11) is 0. The van der Waals surface area contributed by atoms with Crippen molar-refractivity contribution in [3.8, 4) is 0 Å². The van der Waals surface area contributed by atoms with Crippen molar-refractivity contribution in [2.45, 2.75) is 13.8 Å². The lowest BCUT2D eigenvalue weighted by Gasteiger charge is -2.35. The Morgan fingerprint density at radius 3 is 0.794 bits per heavy atom. The Morgan fingerprint density at radius 2 is 0.559 bits per heavy atom. The standard InChI is InChI=1S/C32H28N2/c1-25-23-24-26(2)32(34(29-19-11-5-12-20-29)30-21-13-6-14-22-30)31(25)33(27-15-7-3-8-16-27)28-17-9-4-10-18-28/h3-24H,1-2H3. The highest BCUT2D eigenvalue weighted by Gasteiger charge is 2.25. The molecule has 166 valence electrons. The average molecular weight is 441 g/mol. The monoisotopic (exact) mass is 440 g/mol. The lowest BCUT2D eigenvalue weighted by Crippen LogP contribution is -2.19. The van der Waals surface area contributed by atoms with Crippen molar-refractivity contribution in [3.05, 3.63) is 145 Å². The fourth-order valence-corrected chi connectivity index (χ4v) is 4.47. The highest BCUT2D eigenvalue weighted by molar-refractivity contribution is 5.94. The summed E-state index contributed by atoms with van der Waals surface area (Å²) < 4.78 is 0. The molecule has 5 aromatic rings. The van der Waals surface area contributed by atoms with E-state index >= 15 is 0 Å². The van der Waals surface area contributed by atoms with E-state index in [1.54, 1.807) is 0 Å². The van der Waals surface area contributed by atoms with Crippen LogP contribution >= 0.6 is 0 Å². The lowest BCUT2D eigenvalue weighted by molar-refractivity contribution is 1.18. The predicted octanol–water partition coefficient (Wildman–Crippen LogP) is 9.24.